The number of hydrogen-bond acceptors (Lipinski definition) is 3. The maximum absolute atomic E-state index is 12.3. The summed E-state index contributed by atoms with van der Waals surface area (Å²) in [6, 6.07) is 10.4. The average molecular weight is 311 g/mol. The summed E-state index contributed by atoms with van der Waals surface area (Å²) >= 11 is 0. The lowest BCUT2D eigenvalue weighted by atomic mass is 9.96. The van der Waals surface area contributed by atoms with E-state index in [-0.39, 0.29) is 11.8 Å². The molecule has 0 spiro atoms. The molecule has 23 heavy (non-hydrogen) atoms. The smallest absolute Gasteiger partial charge is 0.224 e. The Morgan fingerprint density at radius 1 is 1.39 bits per heavy atom. The van der Waals surface area contributed by atoms with Gasteiger partial charge in [-0.2, -0.15) is 0 Å². The van der Waals surface area contributed by atoms with Crippen molar-refractivity contribution in [2.24, 2.45) is 5.92 Å². The highest BCUT2D eigenvalue weighted by Crippen LogP contribution is 2.30. The lowest BCUT2D eigenvalue weighted by molar-refractivity contribution is -0.125. The molecule has 1 unspecified atom stereocenters. The summed E-state index contributed by atoms with van der Waals surface area (Å²) < 4.78 is 0. The largest absolute Gasteiger partial charge is 0.370 e. The lowest BCUT2D eigenvalue weighted by Gasteiger charge is -2.34. The third-order valence-electron chi connectivity index (χ3n) is 4.50. The number of pyridine rings is 1. The molecular weight excluding hydrogens is 286 g/mol. The van der Waals surface area contributed by atoms with Crippen LogP contribution in [0.25, 0.3) is 10.9 Å². The van der Waals surface area contributed by atoms with Crippen LogP contribution in [0.2, 0.25) is 0 Å². The highest BCUT2D eigenvalue weighted by Gasteiger charge is 2.26. The van der Waals surface area contributed by atoms with Gasteiger partial charge in [0, 0.05) is 36.4 Å². The first-order valence-corrected chi connectivity index (χ1v) is 8.58. The van der Waals surface area contributed by atoms with Gasteiger partial charge < -0.3 is 10.2 Å². The van der Waals surface area contributed by atoms with Gasteiger partial charge in [-0.3, -0.25) is 9.78 Å². The van der Waals surface area contributed by atoms with Crippen LogP contribution in [0.4, 0.5) is 5.69 Å². The molecular formula is C19H25N3O. The summed E-state index contributed by atoms with van der Waals surface area (Å²) in [4.78, 5) is 19.3. The van der Waals surface area contributed by atoms with Gasteiger partial charge in [0.05, 0.1) is 11.4 Å². The Bertz CT molecular complexity index is 698. The average Bonchev–Trinajstić information content (AvgIpc) is 2.59. The number of amides is 1. The van der Waals surface area contributed by atoms with E-state index in [2.05, 4.69) is 46.4 Å². The minimum Gasteiger partial charge on any atom is -0.370 e. The van der Waals surface area contributed by atoms with Crippen LogP contribution in [0.5, 0.6) is 0 Å². The number of rotatable bonds is 4. The number of carbonyl (C=O) groups excluding carboxylic acids is 1. The van der Waals surface area contributed by atoms with Gasteiger partial charge >= 0.3 is 0 Å². The number of fused-ring (bicyclic) bond motifs is 1. The van der Waals surface area contributed by atoms with Crippen molar-refractivity contribution in [3.8, 4) is 0 Å². The van der Waals surface area contributed by atoms with E-state index in [4.69, 9.17) is 0 Å². The molecule has 0 radical (unpaired) electrons. The van der Waals surface area contributed by atoms with Gasteiger partial charge in [0.25, 0.3) is 0 Å². The normalized spacial score (nSPS) is 18.2. The van der Waals surface area contributed by atoms with E-state index in [0.717, 1.165) is 50.1 Å². The molecule has 0 saturated carbocycles. The first-order chi connectivity index (χ1) is 11.2. The maximum Gasteiger partial charge on any atom is 0.224 e. The molecule has 122 valence electrons. The Labute approximate surface area is 137 Å². The quantitative estimate of drug-likeness (QED) is 0.942. The minimum atomic E-state index is 0.0857. The van der Waals surface area contributed by atoms with Crippen molar-refractivity contribution in [2.75, 3.05) is 24.5 Å². The number of nitrogens with one attached hydrogen (secondary N) is 1. The predicted octanol–water partition coefficient (Wildman–Crippen LogP) is 3.29. The summed E-state index contributed by atoms with van der Waals surface area (Å²) in [5.41, 5.74) is 3.26. The molecule has 0 bridgehead atoms. The number of aromatic nitrogens is 1. The van der Waals surface area contributed by atoms with E-state index in [1.807, 2.05) is 13.0 Å². The first kappa shape index (κ1) is 15.8. The van der Waals surface area contributed by atoms with Crippen LogP contribution < -0.4 is 10.2 Å². The van der Waals surface area contributed by atoms with Gasteiger partial charge in [-0.1, -0.05) is 25.1 Å². The number of piperidine rings is 1. The van der Waals surface area contributed by atoms with E-state index in [0.29, 0.717) is 0 Å². The van der Waals surface area contributed by atoms with Crippen molar-refractivity contribution in [3.63, 3.8) is 0 Å². The second-order valence-corrected chi connectivity index (χ2v) is 6.38. The second-order valence-electron chi connectivity index (χ2n) is 6.38. The number of carbonyl (C=O) groups is 1. The fraction of sp³-hybridized carbons (Fsp3) is 0.474. The molecule has 1 aliphatic heterocycles. The highest BCUT2D eigenvalue weighted by molar-refractivity contribution is 5.92. The molecule has 1 N–H and O–H groups in total. The van der Waals surface area contributed by atoms with Crippen LogP contribution in [0.3, 0.4) is 0 Å². The molecule has 1 saturated heterocycles. The number of anilines is 1. The summed E-state index contributed by atoms with van der Waals surface area (Å²) in [7, 11) is 0. The van der Waals surface area contributed by atoms with Gasteiger partial charge in [0.2, 0.25) is 5.91 Å². The van der Waals surface area contributed by atoms with Crippen LogP contribution >= 0.6 is 0 Å². The van der Waals surface area contributed by atoms with E-state index >= 15 is 0 Å². The molecule has 1 amide bonds. The van der Waals surface area contributed by atoms with Crippen molar-refractivity contribution in [1.29, 1.82) is 0 Å². The van der Waals surface area contributed by atoms with Crippen molar-refractivity contribution in [2.45, 2.75) is 33.1 Å². The predicted molar refractivity (Wildman–Crippen MR) is 94.7 cm³/mol. The molecule has 1 aromatic heterocycles. The zero-order valence-corrected chi connectivity index (χ0v) is 14.0. The molecule has 1 aromatic carbocycles. The number of para-hydroxylation sites is 1. The molecule has 4 nitrogen and oxygen atoms in total. The van der Waals surface area contributed by atoms with Crippen LogP contribution in [0.15, 0.2) is 30.3 Å². The SMILES string of the molecule is CCCNC(=O)C1CCCN(c2cc(C)nc3ccccc23)C1. The number of hydrogen-bond donors (Lipinski definition) is 1. The van der Waals surface area contributed by atoms with Crippen LogP contribution in [-0.4, -0.2) is 30.5 Å². The third-order valence-corrected chi connectivity index (χ3v) is 4.50. The topological polar surface area (TPSA) is 45.2 Å². The Morgan fingerprint density at radius 2 is 2.22 bits per heavy atom. The van der Waals surface area contributed by atoms with Crippen molar-refractivity contribution in [1.82, 2.24) is 10.3 Å². The van der Waals surface area contributed by atoms with E-state index < -0.39 is 0 Å². The summed E-state index contributed by atoms with van der Waals surface area (Å²) in [6.45, 7) is 6.69. The Balaban J connectivity index is 1.85. The fourth-order valence-electron chi connectivity index (χ4n) is 3.35. The zero-order chi connectivity index (χ0) is 16.2. The van der Waals surface area contributed by atoms with Gasteiger partial charge in [-0.05, 0) is 38.3 Å². The molecule has 2 aromatic rings. The molecule has 4 heteroatoms. The van der Waals surface area contributed by atoms with Crippen molar-refractivity contribution >= 4 is 22.5 Å². The van der Waals surface area contributed by atoms with E-state index in [9.17, 15) is 4.79 Å². The van der Waals surface area contributed by atoms with Gasteiger partial charge in [0.1, 0.15) is 0 Å². The van der Waals surface area contributed by atoms with E-state index in [1.165, 1.54) is 11.1 Å². The third kappa shape index (κ3) is 3.46. The van der Waals surface area contributed by atoms with Crippen molar-refractivity contribution in [3.05, 3.63) is 36.0 Å². The van der Waals surface area contributed by atoms with Crippen molar-refractivity contribution < 1.29 is 4.79 Å². The molecule has 1 aliphatic rings. The monoisotopic (exact) mass is 311 g/mol. The standard InChI is InChI=1S/C19H25N3O/c1-3-10-20-19(23)15-7-6-11-22(13-15)18-12-14(2)21-17-9-5-4-8-16(17)18/h4-5,8-9,12,15H,3,6-7,10-11,13H2,1-2H3,(H,20,23). The Hall–Kier alpha value is -2.10. The van der Waals surface area contributed by atoms with Gasteiger partial charge in [0.15, 0.2) is 0 Å². The number of nitrogens with zero attached hydrogens (tertiary/aromatic N) is 2. The zero-order valence-electron chi connectivity index (χ0n) is 14.0. The van der Waals surface area contributed by atoms with Gasteiger partial charge in [-0.15, -0.1) is 0 Å². The number of aryl methyl sites for hydroxylation is 1. The Morgan fingerprint density at radius 3 is 3.04 bits per heavy atom. The molecule has 3 rings (SSSR count). The fourth-order valence-corrected chi connectivity index (χ4v) is 3.35. The lowest BCUT2D eigenvalue weighted by Crippen LogP contribution is -2.43. The van der Waals surface area contributed by atoms with E-state index in [1.54, 1.807) is 0 Å². The minimum absolute atomic E-state index is 0.0857. The van der Waals surface area contributed by atoms with Gasteiger partial charge in [-0.25, -0.2) is 0 Å². The molecule has 1 atom stereocenters. The number of benzene rings is 1. The second kappa shape index (κ2) is 6.99. The highest BCUT2D eigenvalue weighted by atomic mass is 16.1. The van der Waals surface area contributed by atoms with Crippen LogP contribution in [-0.2, 0) is 4.79 Å². The molecule has 2 heterocycles. The molecule has 0 aliphatic carbocycles. The molecule has 1 fully saturated rings. The summed E-state index contributed by atoms with van der Waals surface area (Å²) in [5.74, 6) is 0.286. The summed E-state index contributed by atoms with van der Waals surface area (Å²) in [5, 5.41) is 4.22. The summed E-state index contributed by atoms with van der Waals surface area (Å²) in [6.07, 6.45) is 3.02. The Kier molecular flexibility index (Phi) is 4.79. The van der Waals surface area contributed by atoms with Crippen LogP contribution in [0, 0.1) is 12.8 Å². The van der Waals surface area contributed by atoms with Crippen LogP contribution in [0.1, 0.15) is 31.9 Å². The first-order valence-electron chi connectivity index (χ1n) is 8.58. The maximum atomic E-state index is 12.3.